The molecule has 0 aliphatic carbocycles. The fourth-order valence-corrected chi connectivity index (χ4v) is 3.85. The molecule has 0 aliphatic heterocycles. The second kappa shape index (κ2) is 9.15. The lowest BCUT2D eigenvalue weighted by Crippen LogP contribution is -2.03. The smallest absolute Gasteiger partial charge is 0.180 e. The van der Waals surface area contributed by atoms with Gasteiger partial charge in [0, 0.05) is 15.9 Å². The lowest BCUT2D eigenvalue weighted by molar-refractivity contribution is 0.405. The molecule has 0 spiro atoms. The molecule has 152 valence electrons. The van der Waals surface area contributed by atoms with Gasteiger partial charge in [-0.2, -0.15) is 0 Å². The number of hydrogen-bond acceptors (Lipinski definition) is 8. The number of nitrogens with one attached hydrogen (secondary N) is 2. The molecule has 4 rings (SSSR count). The first kappa shape index (κ1) is 20.2. The van der Waals surface area contributed by atoms with E-state index in [1.807, 2.05) is 66.7 Å². The highest BCUT2D eigenvalue weighted by molar-refractivity contribution is 8.00. The molecular weight excluding hydrogens is 416 g/mol. The third-order valence-corrected chi connectivity index (χ3v) is 5.38. The zero-order valence-electron chi connectivity index (χ0n) is 16.4. The van der Waals surface area contributed by atoms with Crippen LogP contribution in [0, 0.1) is 0 Å². The van der Waals surface area contributed by atoms with Gasteiger partial charge < -0.3 is 19.5 Å². The molecule has 0 bridgehead atoms. The lowest BCUT2D eigenvalue weighted by Gasteiger charge is -2.15. The maximum absolute atomic E-state index is 5.49. The van der Waals surface area contributed by atoms with E-state index >= 15 is 0 Å². The van der Waals surface area contributed by atoms with Gasteiger partial charge in [0.25, 0.3) is 0 Å². The summed E-state index contributed by atoms with van der Waals surface area (Å²) in [6.45, 7) is 0. The third kappa shape index (κ3) is 4.55. The van der Waals surface area contributed by atoms with Crippen molar-refractivity contribution in [2.24, 2.45) is 0 Å². The number of nitrogens with zero attached hydrogens (tertiary/aromatic N) is 2. The van der Waals surface area contributed by atoms with E-state index in [0.29, 0.717) is 23.1 Å². The maximum atomic E-state index is 5.49. The molecule has 8 heteroatoms. The minimum Gasteiger partial charge on any atom is -0.497 e. The van der Waals surface area contributed by atoms with Crippen LogP contribution >= 0.6 is 24.6 Å². The van der Waals surface area contributed by atoms with Gasteiger partial charge in [0.15, 0.2) is 11.6 Å². The van der Waals surface area contributed by atoms with Crippen LogP contribution in [0.25, 0.3) is 11.0 Å². The summed E-state index contributed by atoms with van der Waals surface area (Å²) in [6.07, 6.45) is 0. The number of methoxy groups -OCH3 is 2. The van der Waals surface area contributed by atoms with Crippen molar-refractivity contribution < 1.29 is 9.47 Å². The van der Waals surface area contributed by atoms with Crippen LogP contribution in [0.3, 0.4) is 0 Å². The van der Waals surface area contributed by atoms with Crippen molar-refractivity contribution in [3.63, 3.8) is 0 Å². The molecule has 0 saturated carbocycles. The molecule has 1 heterocycles. The van der Waals surface area contributed by atoms with Gasteiger partial charge in [-0.15, -0.1) is 12.6 Å². The van der Waals surface area contributed by atoms with E-state index in [1.54, 1.807) is 14.2 Å². The number of anilines is 3. The Hall–Kier alpha value is -3.10. The van der Waals surface area contributed by atoms with Crippen molar-refractivity contribution in [2.45, 2.75) is 9.79 Å². The Morgan fingerprint density at radius 2 is 1.60 bits per heavy atom. The summed E-state index contributed by atoms with van der Waals surface area (Å²) in [6, 6.07) is 21.2. The van der Waals surface area contributed by atoms with Gasteiger partial charge in [-0.25, -0.2) is 9.97 Å². The minimum atomic E-state index is 0.579. The molecule has 0 unspecified atom stereocenters. The molecule has 3 aromatic carbocycles. The van der Waals surface area contributed by atoms with Gasteiger partial charge >= 0.3 is 0 Å². The van der Waals surface area contributed by atoms with E-state index in [-0.39, 0.29) is 0 Å². The summed E-state index contributed by atoms with van der Waals surface area (Å²) < 4.78 is 14.1. The third-order valence-electron chi connectivity index (χ3n) is 4.31. The fraction of sp³-hybridized carbons (Fsp3) is 0.0909. The van der Waals surface area contributed by atoms with Crippen LogP contribution < -0.4 is 19.5 Å². The van der Waals surface area contributed by atoms with Crippen molar-refractivity contribution in [2.75, 3.05) is 24.3 Å². The highest BCUT2D eigenvalue weighted by atomic mass is 32.2. The number of rotatable bonds is 7. The molecule has 0 amide bonds. The zero-order valence-corrected chi connectivity index (χ0v) is 18.1. The molecule has 0 saturated heterocycles. The Bertz CT molecular complexity index is 1190. The van der Waals surface area contributed by atoms with Gasteiger partial charge in [0.2, 0.25) is 0 Å². The Labute approximate surface area is 184 Å². The molecule has 0 aliphatic rings. The van der Waals surface area contributed by atoms with E-state index in [1.165, 1.54) is 11.9 Å². The van der Waals surface area contributed by atoms with Crippen molar-refractivity contribution in [3.8, 4) is 11.5 Å². The Balaban J connectivity index is 1.71. The van der Waals surface area contributed by atoms with Crippen LogP contribution in [0.5, 0.6) is 11.5 Å². The molecule has 6 nitrogen and oxygen atoms in total. The molecule has 0 fully saturated rings. The van der Waals surface area contributed by atoms with Crippen LogP contribution in [0.15, 0.2) is 76.5 Å². The summed E-state index contributed by atoms with van der Waals surface area (Å²) in [5.41, 5.74) is 2.31. The molecule has 0 atom stereocenters. The summed E-state index contributed by atoms with van der Waals surface area (Å²) in [5.74, 6) is 2.57. The lowest BCUT2D eigenvalue weighted by atomic mass is 10.2. The summed E-state index contributed by atoms with van der Waals surface area (Å²) in [4.78, 5) is 11.4. The van der Waals surface area contributed by atoms with E-state index in [2.05, 4.69) is 22.7 Å². The number of fused-ring (bicyclic) bond motifs is 1. The van der Waals surface area contributed by atoms with Gasteiger partial charge in [0.1, 0.15) is 11.5 Å². The van der Waals surface area contributed by atoms with Crippen LogP contribution in [-0.4, -0.2) is 24.2 Å². The average Bonchev–Trinajstić information content (AvgIpc) is 2.77. The number of aromatic nitrogens is 2. The van der Waals surface area contributed by atoms with E-state index in [4.69, 9.17) is 19.4 Å². The molecule has 2 N–H and O–H groups in total. The highest BCUT2D eigenvalue weighted by Crippen LogP contribution is 2.34. The summed E-state index contributed by atoms with van der Waals surface area (Å²) in [7, 11) is 3.25. The largest absolute Gasteiger partial charge is 0.497 e. The average molecular weight is 437 g/mol. The van der Waals surface area contributed by atoms with Crippen LogP contribution in [0.4, 0.5) is 17.3 Å². The number of benzene rings is 3. The molecule has 4 aromatic rings. The number of hydrogen-bond donors (Lipinski definition) is 3. The monoisotopic (exact) mass is 436 g/mol. The number of ether oxygens (including phenoxy) is 2. The predicted molar refractivity (Wildman–Crippen MR) is 126 cm³/mol. The number of para-hydroxylation sites is 2. The standard InChI is InChI=1S/C22H20N4O2S2/c1-27-14-10-11-20(28-2)19(12-14)25-21-22(24-18-9-4-3-8-17(18)23-21)26-30-16-7-5-6-15(29)13-16/h3-13,29H,1-2H3,(H,23,25)(H,24,26). The van der Waals surface area contributed by atoms with Gasteiger partial charge in [0.05, 0.1) is 30.9 Å². The van der Waals surface area contributed by atoms with Crippen molar-refractivity contribution in [1.29, 1.82) is 0 Å². The first-order valence-electron chi connectivity index (χ1n) is 9.14. The first-order chi connectivity index (χ1) is 14.7. The van der Waals surface area contributed by atoms with Crippen LogP contribution in [-0.2, 0) is 0 Å². The molecule has 0 radical (unpaired) electrons. The van der Waals surface area contributed by atoms with Crippen molar-refractivity contribution in [3.05, 3.63) is 66.7 Å². The van der Waals surface area contributed by atoms with Crippen molar-refractivity contribution >= 4 is 52.9 Å². The Morgan fingerprint density at radius 3 is 2.30 bits per heavy atom. The summed E-state index contributed by atoms with van der Waals surface area (Å²) >= 11 is 5.84. The van der Waals surface area contributed by atoms with E-state index < -0.39 is 0 Å². The quantitative estimate of drug-likeness (QED) is 0.250. The molecular formula is C22H20N4O2S2. The molecule has 1 aromatic heterocycles. The van der Waals surface area contributed by atoms with Gasteiger partial charge in [-0.05, 0) is 54.4 Å². The minimum absolute atomic E-state index is 0.579. The Kier molecular flexibility index (Phi) is 6.15. The normalized spacial score (nSPS) is 10.6. The van der Waals surface area contributed by atoms with E-state index in [0.717, 1.165) is 26.5 Å². The maximum Gasteiger partial charge on any atom is 0.180 e. The van der Waals surface area contributed by atoms with Crippen LogP contribution in [0.1, 0.15) is 0 Å². The van der Waals surface area contributed by atoms with Crippen LogP contribution in [0.2, 0.25) is 0 Å². The number of thiol groups is 1. The van der Waals surface area contributed by atoms with Gasteiger partial charge in [-0.1, -0.05) is 18.2 Å². The highest BCUT2D eigenvalue weighted by Gasteiger charge is 2.13. The van der Waals surface area contributed by atoms with Gasteiger partial charge in [-0.3, -0.25) is 0 Å². The Morgan fingerprint density at radius 1 is 0.833 bits per heavy atom. The SMILES string of the molecule is COc1ccc(OC)c(Nc2nc3ccccc3nc2NSc2cccc(S)c2)c1. The second-order valence-corrected chi connectivity index (χ2v) is 7.70. The topological polar surface area (TPSA) is 68.3 Å². The van der Waals surface area contributed by atoms with Crippen molar-refractivity contribution in [1.82, 2.24) is 9.97 Å². The summed E-state index contributed by atoms with van der Waals surface area (Å²) in [5, 5.41) is 3.34. The first-order valence-corrected chi connectivity index (χ1v) is 10.4. The second-order valence-electron chi connectivity index (χ2n) is 6.30. The molecule has 30 heavy (non-hydrogen) atoms. The fourth-order valence-electron chi connectivity index (χ4n) is 2.85. The zero-order chi connectivity index (χ0) is 20.9. The van der Waals surface area contributed by atoms with E-state index in [9.17, 15) is 0 Å². The predicted octanol–water partition coefficient (Wildman–Crippen LogP) is 5.80.